The van der Waals surface area contributed by atoms with E-state index in [0.717, 1.165) is 0 Å². The van der Waals surface area contributed by atoms with Gasteiger partial charge in [-0.15, -0.1) is 0 Å². The van der Waals surface area contributed by atoms with Crippen LogP contribution in [0.4, 0.5) is 0 Å². The lowest BCUT2D eigenvalue weighted by atomic mass is 10.1. The zero-order chi connectivity index (χ0) is 13.9. The number of aryl methyl sites for hydroxylation is 1. The Labute approximate surface area is 107 Å². The van der Waals surface area contributed by atoms with Crippen molar-refractivity contribution >= 4 is 16.0 Å². The molecule has 1 rings (SSSR count). The SMILES string of the molecule is CCN(CC)S(=O)(=O)c1ccc(C(=O)O)cc1C. The zero-order valence-electron chi connectivity index (χ0n) is 10.7. The highest BCUT2D eigenvalue weighted by Gasteiger charge is 2.23. The molecule has 0 heterocycles. The lowest BCUT2D eigenvalue weighted by Gasteiger charge is -2.19. The van der Waals surface area contributed by atoms with Crippen molar-refractivity contribution in [2.24, 2.45) is 0 Å². The van der Waals surface area contributed by atoms with Crippen LogP contribution in [0.5, 0.6) is 0 Å². The predicted molar refractivity (Wildman–Crippen MR) is 68.2 cm³/mol. The summed E-state index contributed by atoms with van der Waals surface area (Å²) in [5.74, 6) is -1.06. The Morgan fingerprint density at radius 2 is 1.83 bits per heavy atom. The minimum atomic E-state index is -3.53. The number of benzene rings is 1. The molecule has 0 aliphatic heterocycles. The standard InChI is InChI=1S/C12H17NO4S/c1-4-13(5-2)18(16,17)11-7-6-10(12(14)15)8-9(11)3/h6-8H,4-5H2,1-3H3,(H,14,15). The summed E-state index contributed by atoms with van der Waals surface area (Å²) in [4.78, 5) is 11.0. The van der Waals surface area contributed by atoms with E-state index in [1.54, 1.807) is 20.8 Å². The first-order valence-electron chi connectivity index (χ1n) is 5.68. The molecule has 100 valence electrons. The lowest BCUT2D eigenvalue weighted by Crippen LogP contribution is -2.31. The molecular formula is C12H17NO4S. The van der Waals surface area contributed by atoms with Crippen molar-refractivity contribution in [2.45, 2.75) is 25.7 Å². The molecule has 1 N–H and O–H groups in total. The summed E-state index contributed by atoms with van der Waals surface area (Å²) in [6.45, 7) is 5.91. The van der Waals surface area contributed by atoms with Gasteiger partial charge in [0.1, 0.15) is 0 Å². The molecule has 0 atom stereocenters. The number of aromatic carboxylic acids is 1. The maximum absolute atomic E-state index is 12.3. The van der Waals surface area contributed by atoms with Gasteiger partial charge in [0.2, 0.25) is 10.0 Å². The summed E-state index contributed by atoms with van der Waals surface area (Å²) in [7, 11) is -3.53. The Hall–Kier alpha value is -1.40. The van der Waals surface area contributed by atoms with Crippen LogP contribution in [0, 0.1) is 6.92 Å². The number of carboxylic acid groups (broad SMARTS) is 1. The van der Waals surface area contributed by atoms with Crippen molar-refractivity contribution in [3.8, 4) is 0 Å². The van der Waals surface area contributed by atoms with E-state index < -0.39 is 16.0 Å². The fraction of sp³-hybridized carbons (Fsp3) is 0.417. The quantitative estimate of drug-likeness (QED) is 0.885. The van der Waals surface area contributed by atoms with E-state index in [0.29, 0.717) is 18.7 Å². The Morgan fingerprint density at radius 3 is 2.22 bits per heavy atom. The van der Waals surface area contributed by atoms with Crippen LogP contribution in [0.1, 0.15) is 29.8 Å². The van der Waals surface area contributed by atoms with Crippen molar-refractivity contribution in [1.29, 1.82) is 0 Å². The second-order valence-electron chi connectivity index (χ2n) is 3.87. The van der Waals surface area contributed by atoms with Crippen LogP contribution in [-0.2, 0) is 10.0 Å². The highest BCUT2D eigenvalue weighted by atomic mass is 32.2. The monoisotopic (exact) mass is 271 g/mol. The van der Waals surface area contributed by atoms with Crippen LogP contribution in [0.3, 0.4) is 0 Å². The van der Waals surface area contributed by atoms with Gasteiger partial charge >= 0.3 is 5.97 Å². The second-order valence-corrected chi connectivity index (χ2v) is 5.78. The molecule has 0 saturated carbocycles. The van der Waals surface area contributed by atoms with Gasteiger partial charge in [0.25, 0.3) is 0 Å². The zero-order valence-corrected chi connectivity index (χ0v) is 11.5. The Kier molecular flexibility index (Phi) is 4.48. The molecular weight excluding hydrogens is 254 g/mol. The van der Waals surface area contributed by atoms with E-state index in [9.17, 15) is 13.2 Å². The number of carbonyl (C=O) groups is 1. The van der Waals surface area contributed by atoms with E-state index in [4.69, 9.17) is 5.11 Å². The predicted octanol–water partition coefficient (Wildman–Crippen LogP) is 1.72. The lowest BCUT2D eigenvalue weighted by molar-refractivity contribution is 0.0696. The first-order valence-corrected chi connectivity index (χ1v) is 7.12. The van der Waals surface area contributed by atoms with E-state index in [2.05, 4.69) is 0 Å². The van der Waals surface area contributed by atoms with Crippen molar-refractivity contribution in [1.82, 2.24) is 4.31 Å². The van der Waals surface area contributed by atoms with Crippen LogP contribution >= 0.6 is 0 Å². The van der Waals surface area contributed by atoms with E-state index >= 15 is 0 Å². The third-order valence-electron chi connectivity index (χ3n) is 2.75. The molecule has 0 saturated heterocycles. The maximum atomic E-state index is 12.3. The summed E-state index contributed by atoms with van der Waals surface area (Å²) in [5.41, 5.74) is 0.535. The largest absolute Gasteiger partial charge is 0.478 e. The van der Waals surface area contributed by atoms with Gasteiger partial charge in [-0.05, 0) is 30.7 Å². The normalized spacial score (nSPS) is 11.8. The van der Waals surface area contributed by atoms with Gasteiger partial charge in [-0.2, -0.15) is 4.31 Å². The Bertz CT molecular complexity index is 547. The minimum Gasteiger partial charge on any atom is -0.478 e. The molecule has 0 aliphatic rings. The Morgan fingerprint density at radius 1 is 1.28 bits per heavy atom. The number of carboxylic acids is 1. The first-order chi connectivity index (χ1) is 8.34. The van der Waals surface area contributed by atoms with E-state index in [1.165, 1.54) is 22.5 Å². The van der Waals surface area contributed by atoms with Crippen LogP contribution in [0.2, 0.25) is 0 Å². The highest BCUT2D eigenvalue weighted by molar-refractivity contribution is 7.89. The number of nitrogens with zero attached hydrogens (tertiary/aromatic N) is 1. The molecule has 0 spiro atoms. The molecule has 0 fully saturated rings. The molecule has 0 aromatic heterocycles. The summed E-state index contributed by atoms with van der Waals surface area (Å²) >= 11 is 0. The maximum Gasteiger partial charge on any atom is 0.335 e. The first kappa shape index (κ1) is 14.7. The number of rotatable bonds is 5. The summed E-state index contributed by atoms with van der Waals surface area (Å²) in [6, 6.07) is 4.04. The van der Waals surface area contributed by atoms with Crippen molar-refractivity contribution in [2.75, 3.05) is 13.1 Å². The summed E-state index contributed by atoms with van der Waals surface area (Å²) < 4.78 is 25.9. The molecule has 0 bridgehead atoms. The van der Waals surface area contributed by atoms with Crippen molar-refractivity contribution < 1.29 is 18.3 Å². The molecule has 0 unspecified atom stereocenters. The van der Waals surface area contributed by atoms with Gasteiger partial charge in [0.05, 0.1) is 10.5 Å². The molecule has 1 aromatic rings. The molecule has 6 heteroatoms. The van der Waals surface area contributed by atoms with Crippen LogP contribution in [0.15, 0.2) is 23.1 Å². The van der Waals surface area contributed by atoms with E-state index in [1.807, 2.05) is 0 Å². The van der Waals surface area contributed by atoms with Crippen molar-refractivity contribution in [3.63, 3.8) is 0 Å². The van der Waals surface area contributed by atoms with Gasteiger partial charge in [-0.25, -0.2) is 13.2 Å². The van der Waals surface area contributed by atoms with Gasteiger partial charge in [-0.3, -0.25) is 0 Å². The second kappa shape index (κ2) is 5.49. The molecule has 0 aliphatic carbocycles. The summed E-state index contributed by atoms with van der Waals surface area (Å²) in [6.07, 6.45) is 0. The molecule has 18 heavy (non-hydrogen) atoms. The van der Waals surface area contributed by atoms with E-state index in [-0.39, 0.29) is 10.5 Å². The Balaban J connectivity index is 3.30. The molecule has 0 amide bonds. The fourth-order valence-corrected chi connectivity index (χ4v) is 3.44. The van der Waals surface area contributed by atoms with Crippen LogP contribution in [0.25, 0.3) is 0 Å². The van der Waals surface area contributed by atoms with Gasteiger partial charge in [0, 0.05) is 13.1 Å². The van der Waals surface area contributed by atoms with Crippen LogP contribution in [-0.4, -0.2) is 36.9 Å². The summed E-state index contributed by atoms with van der Waals surface area (Å²) in [5, 5.41) is 8.84. The smallest absolute Gasteiger partial charge is 0.335 e. The average molecular weight is 271 g/mol. The molecule has 5 nitrogen and oxygen atoms in total. The molecule has 1 aromatic carbocycles. The fourth-order valence-electron chi connectivity index (χ4n) is 1.77. The van der Waals surface area contributed by atoms with Gasteiger partial charge in [0.15, 0.2) is 0 Å². The number of hydrogen-bond donors (Lipinski definition) is 1. The highest BCUT2D eigenvalue weighted by Crippen LogP contribution is 2.20. The number of hydrogen-bond acceptors (Lipinski definition) is 3. The number of sulfonamides is 1. The third kappa shape index (κ3) is 2.70. The van der Waals surface area contributed by atoms with Gasteiger partial charge < -0.3 is 5.11 Å². The van der Waals surface area contributed by atoms with Gasteiger partial charge in [-0.1, -0.05) is 13.8 Å². The molecule has 0 radical (unpaired) electrons. The van der Waals surface area contributed by atoms with Crippen LogP contribution < -0.4 is 0 Å². The minimum absolute atomic E-state index is 0.0889. The average Bonchev–Trinajstić information content (AvgIpc) is 2.29. The van der Waals surface area contributed by atoms with Crippen molar-refractivity contribution in [3.05, 3.63) is 29.3 Å². The third-order valence-corrected chi connectivity index (χ3v) is 4.96. The topological polar surface area (TPSA) is 74.7 Å².